The van der Waals surface area contributed by atoms with E-state index in [0.29, 0.717) is 25.5 Å². The summed E-state index contributed by atoms with van der Waals surface area (Å²) in [5, 5.41) is 8.43. The number of fused-ring (bicyclic) bond motifs is 1. The highest BCUT2D eigenvalue weighted by Crippen LogP contribution is 2.33. The van der Waals surface area contributed by atoms with Gasteiger partial charge in [0.1, 0.15) is 23.9 Å². The molecular weight excluding hydrogens is 380 g/mol. The van der Waals surface area contributed by atoms with E-state index in [2.05, 4.69) is 21.4 Å². The predicted octanol–water partition coefficient (Wildman–Crippen LogP) is 4.65. The summed E-state index contributed by atoms with van der Waals surface area (Å²) in [6, 6.07) is 13.8. The van der Waals surface area contributed by atoms with E-state index in [1.165, 1.54) is 0 Å². The fourth-order valence-corrected chi connectivity index (χ4v) is 3.44. The molecule has 0 aliphatic carbocycles. The number of benzene rings is 1. The van der Waals surface area contributed by atoms with Gasteiger partial charge < -0.3 is 23.9 Å². The van der Waals surface area contributed by atoms with E-state index >= 15 is 0 Å². The molecule has 4 aromatic rings. The predicted molar refractivity (Wildman–Crippen MR) is 117 cm³/mol. The van der Waals surface area contributed by atoms with Gasteiger partial charge in [0.05, 0.1) is 30.0 Å². The second-order valence-corrected chi connectivity index (χ2v) is 7.51. The van der Waals surface area contributed by atoms with E-state index in [1.54, 1.807) is 0 Å². The first-order valence-corrected chi connectivity index (χ1v) is 9.94. The molecule has 30 heavy (non-hydrogen) atoms. The Hall–Kier alpha value is -3.32. The third-order valence-corrected chi connectivity index (χ3v) is 4.72. The number of ether oxygens (including phenoxy) is 1. The second kappa shape index (κ2) is 8.59. The number of nitrogens with zero attached hydrogens (tertiary/aromatic N) is 3. The molecule has 1 aromatic carbocycles. The lowest BCUT2D eigenvalue weighted by atomic mass is 10.1. The maximum absolute atomic E-state index is 6.11. The average Bonchev–Trinajstić information content (AvgIpc) is 3.27. The Morgan fingerprint density at radius 1 is 1.10 bits per heavy atom. The normalized spacial score (nSPS) is 11.4. The molecule has 156 valence electrons. The monoisotopic (exact) mass is 406 g/mol. The molecule has 0 atom stereocenters. The van der Waals surface area contributed by atoms with Gasteiger partial charge >= 0.3 is 0 Å². The Morgan fingerprint density at radius 2 is 1.90 bits per heavy atom. The Balaban J connectivity index is 1.62. The van der Waals surface area contributed by atoms with Crippen molar-refractivity contribution < 1.29 is 13.7 Å². The molecule has 0 radical (unpaired) electrons. The molecule has 1 N–H and O–H groups in total. The number of anilines is 1. The van der Waals surface area contributed by atoms with Crippen molar-refractivity contribution in [3.8, 4) is 17.0 Å². The van der Waals surface area contributed by atoms with Crippen LogP contribution in [-0.4, -0.2) is 42.3 Å². The zero-order chi connectivity index (χ0) is 21.1. The van der Waals surface area contributed by atoms with Gasteiger partial charge in [0.15, 0.2) is 11.4 Å². The van der Waals surface area contributed by atoms with E-state index in [9.17, 15) is 0 Å². The summed E-state index contributed by atoms with van der Waals surface area (Å²) in [6.45, 7) is 5.63. The summed E-state index contributed by atoms with van der Waals surface area (Å²) in [5.41, 5.74) is 3.27. The van der Waals surface area contributed by atoms with Crippen molar-refractivity contribution >= 4 is 16.8 Å². The van der Waals surface area contributed by atoms with Crippen molar-refractivity contribution in [1.29, 1.82) is 0 Å². The molecule has 0 bridgehead atoms. The highest BCUT2D eigenvalue weighted by atomic mass is 16.5. The van der Waals surface area contributed by atoms with E-state index in [1.807, 2.05) is 64.3 Å². The van der Waals surface area contributed by atoms with Crippen LogP contribution in [0.15, 0.2) is 51.4 Å². The lowest BCUT2D eigenvalue weighted by molar-refractivity contribution is 0.332. The van der Waals surface area contributed by atoms with Crippen molar-refractivity contribution in [3.63, 3.8) is 0 Å². The van der Waals surface area contributed by atoms with Gasteiger partial charge in [0.2, 0.25) is 0 Å². The maximum atomic E-state index is 6.11. The van der Waals surface area contributed by atoms with Crippen LogP contribution >= 0.6 is 0 Å². The first-order chi connectivity index (χ1) is 14.5. The number of aromatic nitrogens is 2. The van der Waals surface area contributed by atoms with E-state index in [0.717, 1.165) is 45.2 Å². The molecule has 0 spiro atoms. The summed E-state index contributed by atoms with van der Waals surface area (Å²) in [5.74, 6) is 3.16. The third-order valence-electron chi connectivity index (χ3n) is 4.72. The van der Waals surface area contributed by atoms with Gasteiger partial charge in [-0.05, 0) is 52.2 Å². The fourth-order valence-electron chi connectivity index (χ4n) is 3.44. The largest absolute Gasteiger partial charge is 0.492 e. The SMILES string of the molecule is Cc1noc(C)c1-c1cc2cc(CN(C)C)oc2c(NCCOc2ccccc2)n1. The van der Waals surface area contributed by atoms with Gasteiger partial charge in [-0.15, -0.1) is 0 Å². The van der Waals surface area contributed by atoms with Crippen LogP contribution in [0.25, 0.3) is 22.2 Å². The number of aryl methyl sites for hydroxylation is 2. The molecule has 0 unspecified atom stereocenters. The van der Waals surface area contributed by atoms with Crippen LogP contribution in [0, 0.1) is 13.8 Å². The summed E-state index contributed by atoms with van der Waals surface area (Å²) in [7, 11) is 4.03. The molecule has 0 amide bonds. The summed E-state index contributed by atoms with van der Waals surface area (Å²) in [4.78, 5) is 6.90. The van der Waals surface area contributed by atoms with Crippen LogP contribution in [0.4, 0.5) is 5.82 Å². The van der Waals surface area contributed by atoms with E-state index in [-0.39, 0.29) is 0 Å². The summed E-state index contributed by atoms with van der Waals surface area (Å²) in [6.07, 6.45) is 0. The van der Waals surface area contributed by atoms with E-state index < -0.39 is 0 Å². The quantitative estimate of drug-likeness (QED) is 0.427. The Morgan fingerprint density at radius 3 is 2.60 bits per heavy atom. The number of rotatable bonds is 8. The number of nitrogens with one attached hydrogen (secondary N) is 1. The lowest BCUT2D eigenvalue weighted by Crippen LogP contribution is -2.12. The number of pyridine rings is 1. The minimum atomic E-state index is 0.508. The standard InChI is InChI=1S/C23H26N4O3/c1-15-21(16(2)30-26-15)20-13-17-12-19(14-27(3)4)29-22(17)23(25-20)24-10-11-28-18-8-6-5-7-9-18/h5-9,12-13H,10-11,14H2,1-4H3,(H,24,25). The van der Waals surface area contributed by atoms with Crippen molar-refractivity contribution in [2.24, 2.45) is 0 Å². The van der Waals surface area contributed by atoms with Gasteiger partial charge in [-0.1, -0.05) is 23.4 Å². The van der Waals surface area contributed by atoms with Crippen molar-refractivity contribution in [2.75, 3.05) is 32.6 Å². The summed E-state index contributed by atoms with van der Waals surface area (Å²) >= 11 is 0. The number of para-hydroxylation sites is 1. The third kappa shape index (κ3) is 4.31. The first-order valence-electron chi connectivity index (χ1n) is 9.94. The fraction of sp³-hybridized carbons (Fsp3) is 0.304. The molecule has 0 aliphatic heterocycles. The molecule has 0 aliphatic rings. The van der Waals surface area contributed by atoms with Crippen molar-refractivity contribution in [2.45, 2.75) is 20.4 Å². The van der Waals surface area contributed by atoms with E-state index in [4.69, 9.17) is 18.7 Å². The van der Waals surface area contributed by atoms with Crippen LogP contribution in [-0.2, 0) is 6.54 Å². The van der Waals surface area contributed by atoms with Crippen molar-refractivity contribution in [3.05, 3.63) is 59.7 Å². The zero-order valence-electron chi connectivity index (χ0n) is 17.7. The molecule has 3 aromatic heterocycles. The maximum Gasteiger partial charge on any atom is 0.176 e. The van der Waals surface area contributed by atoms with Gasteiger partial charge in [-0.3, -0.25) is 0 Å². The zero-order valence-corrected chi connectivity index (χ0v) is 17.7. The van der Waals surface area contributed by atoms with Crippen LogP contribution in [0.5, 0.6) is 5.75 Å². The molecule has 4 rings (SSSR count). The first kappa shape index (κ1) is 20.0. The Bertz CT molecular complexity index is 1110. The second-order valence-electron chi connectivity index (χ2n) is 7.51. The van der Waals surface area contributed by atoms with Gasteiger partial charge in [-0.2, -0.15) is 0 Å². The molecular formula is C23H26N4O3. The molecule has 7 nitrogen and oxygen atoms in total. The topological polar surface area (TPSA) is 76.6 Å². The van der Waals surface area contributed by atoms with Crippen LogP contribution in [0.1, 0.15) is 17.2 Å². The summed E-state index contributed by atoms with van der Waals surface area (Å²) < 4.78 is 17.2. The number of hydrogen-bond acceptors (Lipinski definition) is 7. The molecule has 7 heteroatoms. The molecule has 0 fully saturated rings. The van der Waals surface area contributed by atoms with Crippen LogP contribution in [0.3, 0.4) is 0 Å². The smallest absolute Gasteiger partial charge is 0.176 e. The van der Waals surface area contributed by atoms with Gasteiger partial charge in [0.25, 0.3) is 0 Å². The highest BCUT2D eigenvalue weighted by Gasteiger charge is 2.18. The van der Waals surface area contributed by atoms with Gasteiger partial charge in [-0.25, -0.2) is 4.98 Å². The Kier molecular flexibility index (Phi) is 5.72. The molecule has 0 saturated heterocycles. The van der Waals surface area contributed by atoms with Gasteiger partial charge in [0, 0.05) is 5.39 Å². The lowest BCUT2D eigenvalue weighted by Gasteiger charge is -2.10. The Labute approximate surface area is 175 Å². The van der Waals surface area contributed by atoms with Crippen LogP contribution < -0.4 is 10.1 Å². The van der Waals surface area contributed by atoms with Crippen molar-refractivity contribution in [1.82, 2.24) is 15.0 Å². The van der Waals surface area contributed by atoms with Crippen LogP contribution in [0.2, 0.25) is 0 Å². The molecule has 0 saturated carbocycles. The number of hydrogen-bond donors (Lipinski definition) is 1. The number of furan rings is 1. The highest BCUT2D eigenvalue weighted by molar-refractivity contribution is 5.91. The average molecular weight is 406 g/mol. The molecule has 3 heterocycles. The minimum Gasteiger partial charge on any atom is -0.492 e. The minimum absolute atomic E-state index is 0.508.